The lowest BCUT2D eigenvalue weighted by molar-refractivity contribution is 0.415. The van der Waals surface area contributed by atoms with Crippen LogP contribution in [0.25, 0.3) is 11.3 Å². The second-order valence-electron chi connectivity index (χ2n) is 3.18. The van der Waals surface area contributed by atoms with Gasteiger partial charge in [-0.15, -0.1) is 0 Å². The molecule has 0 aliphatic heterocycles. The van der Waals surface area contributed by atoms with Crippen molar-refractivity contribution < 1.29 is 4.74 Å². The summed E-state index contributed by atoms with van der Waals surface area (Å²) in [7, 11) is 1.57. The van der Waals surface area contributed by atoms with Gasteiger partial charge in [0.2, 0.25) is 0 Å². The van der Waals surface area contributed by atoms with Crippen molar-refractivity contribution in [2.45, 2.75) is 0 Å². The molecule has 0 saturated carbocycles. The monoisotopic (exact) mass is 253 g/mol. The molecule has 16 heavy (non-hydrogen) atoms. The Morgan fingerprint density at radius 1 is 1.12 bits per heavy atom. The normalized spacial score (nSPS) is 10.2. The van der Waals surface area contributed by atoms with Crippen LogP contribution in [-0.4, -0.2) is 12.1 Å². The summed E-state index contributed by atoms with van der Waals surface area (Å²) < 4.78 is 5.08. The molecule has 0 atom stereocenters. The van der Waals surface area contributed by atoms with Crippen molar-refractivity contribution >= 4 is 23.2 Å². The third-order valence-corrected chi connectivity index (χ3v) is 2.77. The average Bonchev–Trinajstić information content (AvgIpc) is 2.29. The second kappa shape index (κ2) is 4.73. The molecule has 4 heteroatoms. The molecule has 0 fully saturated rings. The molecule has 82 valence electrons. The zero-order valence-corrected chi connectivity index (χ0v) is 10.1. The van der Waals surface area contributed by atoms with Gasteiger partial charge in [0.25, 0.3) is 0 Å². The lowest BCUT2D eigenvalue weighted by Crippen LogP contribution is -1.88. The fourth-order valence-corrected chi connectivity index (χ4v) is 2.08. The maximum absolute atomic E-state index is 6.14. The summed E-state index contributed by atoms with van der Waals surface area (Å²) in [6, 6.07) is 9.03. The molecule has 1 aromatic carbocycles. The maximum Gasteiger partial charge on any atom is 0.121 e. The van der Waals surface area contributed by atoms with Gasteiger partial charge >= 0.3 is 0 Å². The van der Waals surface area contributed by atoms with E-state index in [1.54, 1.807) is 25.4 Å². The van der Waals surface area contributed by atoms with Gasteiger partial charge in [0, 0.05) is 11.8 Å². The summed E-state index contributed by atoms with van der Waals surface area (Å²) in [4.78, 5) is 4.22. The molecule has 0 aliphatic carbocycles. The summed E-state index contributed by atoms with van der Waals surface area (Å²) in [5.41, 5.74) is 1.48. The Labute approximate surface area is 104 Å². The van der Waals surface area contributed by atoms with Crippen molar-refractivity contribution in [1.29, 1.82) is 0 Å². The Balaban J connectivity index is 2.58. The van der Waals surface area contributed by atoms with E-state index < -0.39 is 0 Å². The van der Waals surface area contributed by atoms with E-state index in [9.17, 15) is 0 Å². The fraction of sp³-hybridized carbons (Fsp3) is 0.0833. The fourth-order valence-electron chi connectivity index (χ4n) is 1.42. The third kappa shape index (κ3) is 2.13. The number of hydrogen-bond acceptors (Lipinski definition) is 2. The molecule has 0 bridgehead atoms. The molecular formula is C12H9Cl2NO. The van der Waals surface area contributed by atoms with E-state index >= 15 is 0 Å². The Bertz CT molecular complexity index is 477. The van der Waals surface area contributed by atoms with Gasteiger partial charge in [-0.2, -0.15) is 0 Å². The Hall–Kier alpha value is -1.25. The summed E-state index contributed by atoms with van der Waals surface area (Å²) in [5.74, 6) is 0.634. The molecule has 1 heterocycles. The van der Waals surface area contributed by atoms with Crippen LogP contribution in [0, 0.1) is 0 Å². The van der Waals surface area contributed by atoms with Crippen molar-refractivity contribution in [3.8, 4) is 17.0 Å². The SMILES string of the molecule is COc1cc(Cl)c(-c2ccccn2)c(Cl)c1. The van der Waals surface area contributed by atoms with Crippen LogP contribution >= 0.6 is 23.2 Å². The molecular weight excluding hydrogens is 245 g/mol. The van der Waals surface area contributed by atoms with Gasteiger partial charge in [0.15, 0.2) is 0 Å². The van der Waals surface area contributed by atoms with Crippen LogP contribution in [-0.2, 0) is 0 Å². The summed E-state index contributed by atoms with van der Waals surface area (Å²) in [6.07, 6.45) is 1.70. The highest BCUT2D eigenvalue weighted by Gasteiger charge is 2.11. The van der Waals surface area contributed by atoms with Crippen molar-refractivity contribution in [1.82, 2.24) is 4.98 Å². The van der Waals surface area contributed by atoms with E-state index in [4.69, 9.17) is 27.9 Å². The van der Waals surface area contributed by atoms with E-state index in [1.807, 2.05) is 18.2 Å². The van der Waals surface area contributed by atoms with Crippen LogP contribution in [0.2, 0.25) is 10.0 Å². The Morgan fingerprint density at radius 2 is 1.81 bits per heavy atom. The molecule has 0 radical (unpaired) electrons. The third-order valence-electron chi connectivity index (χ3n) is 2.17. The van der Waals surface area contributed by atoms with Crippen LogP contribution in [0.1, 0.15) is 0 Å². The van der Waals surface area contributed by atoms with E-state index in [1.165, 1.54) is 0 Å². The first-order chi connectivity index (χ1) is 7.72. The standard InChI is InChI=1S/C12H9Cl2NO/c1-16-8-6-9(13)12(10(14)7-8)11-4-2-3-5-15-11/h2-7H,1H3. The van der Waals surface area contributed by atoms with Gasteiger partial charge in [-0.3, -0.25) is 4.98 Å². The second-order valence-corrected chi connectivity index (χ2v) is 4.00. The molecule has 0 N–H and O–H groups in total. The van der Waals surface area contributed by atoms with E-state index in [0.29, 0.717) is 15.8 Å². The molecule has 0 amide bonds. The molecule has 1 aromatic heterocycles. The lowest BCUT2D eigenvalue weighted by Gasteiger charge is -2.08. The first kappa shape index (κ1) is 11.2. The number of hydrogen-bond donors (Lipinski definition) is 0. The Morgan fingerprint density at radius 3 is 2.31 bits per heavy atom. The molecule has 0 aliphatic rings. The summed E-state index contributed by atoms with van der Waals surface area (Å²) in [6.45, 7) is 0. The number of benzene rings is 1. The van der Waals surface area contributed by atoms with Gasteiger partial charge in [-0.25, -0.2) is 0 Å². The number of nitrogens with zero attached hydrogens (tertiary/aromatic N) is 1. The predicted octanol–water partition coefficient (Wildman–Crippen LogP) is 4.06. The van der Waals surface area contributed by atoms with Gasteiger partial charge in [-0.1, -0.05) is 29.3 Å². The van der Waals surface area contributed by atoms with Crippen LogP contribution in [0.3, 0.4) is 0 Å². The van der Waals surface area contributed by atoms with Gasteiger partial charge in [0.05, 0.1) is 22.8 Å². The highest BCUT2D eigenvalue weighted by molar-refractivity contribution is 6.39. The van der Waals surface area contributed by atoms with E-state index in [-0.39, 0.29) is 0 Å². The van der Waals surface area contributed by atoms with E-state index in [2.05, 4.69) is 4.98 Å². The molecule has 2 rings (SSSR count). The number of methoxy groups -OCH3 is 1. The minimum atomic E-state index is 0.531. The van der Waals surface area contributed by atoms with Crippen molar-refractivity contribution in [3.05, 3.63) is 46.6 Å². The summed E-state index contributed by atoms with van der Waals surface area (Å²) >= 11 is 12.3. The molecule has 0 spiro atoms. The highest BCUT2D eigenvalue weighted by Crippen LogP contribution is 2.36. The van der Waals surface area contributed by atoms with Crippen molar-refractivity contribution in [3.63, 3.8) is 0 Å². The molecule has 2 nitrogen and oxygen atoms in total. The average molecular weight is 254 g/mol. The van der Waals surface area contributed by atoms with E-state index in [0.717, 1.165) is 11.3 Å². The lowest BCUT2D eigenvalue weighted by atomic mass is 10.1. The van der Waals surface area contributed by atoms with Crippen LogP contribution in [0.5, 0.6) is 5.75 Å². The van der Waals surface area contributed by atoms with Gasteiger partial charge in [-0.05, 0) is 24.3 Å². The number of ether oxygens (including phenoxy) is 1. The van der Waals surface area contributed by atoms with Crippen molar-refractivity contribution in [2.24, 2.45) is 0 Å². The Kier molecular flexibility index (Phi) is 3.32. The smallest absolute Gasteiger partial charge is 0.121 e. The van der Waals surface area contributed by atoms with Crippen LogP contribution in [0.4, 0.5) is 0 Å². The molecule has 0 unspecified atom stereocenters. The number of rotatable bonds is 2. The van der Waals surface area contributed by atoms with Crippen LogP contribution < -0.4 is 4.74 Å². The first-order valence-corrected chi connectivity index (χ1v) is 5.42. The minimum Gasteiger partial charge on any atom is -0.497 e. The minimum absolute atomic E-state index is 0.531. The van der Waals surface area contributed by atoms with Crippen LogP contribution in [0.15, 0.2) is 36.5 Å². The number of aromatic nitrogens is 1. The maximum atomic E-state index is 6.14. The predicted molar refractivity (Wildman–Crippen MR) is 66.2 cm³/mol. The summed E-state index contributed by atoms with van der Waals surface area (Å²) in [5, 5.41) is 1.06. The molecule has 2 aromatic rings. The highest BCUT2D eigenvalue weighted by atomic mass is 35.5. The molecule has 0 saturated heterocycles. The first-order valence-electron chi connectivity index (χ1n) is 4.67. The van der Waals surface area contributed by atoms with Crippen molar-refractivity contribution in [2.75, 3.05) is 7.11 Å². The zero-order chi connectivity index (χ0) is 11.5. The number of pyridine rings is 1. The zero-order valence-electron chi connectivity index (χ0n) is 8.58. The topological polar surface area (TPSA) is 22.1 Å². The quantitative estimate of drug-likeness (QED) is 0.806. The largest absolute Gasteiger partial charge is 0.497 e. The van der Waals surface area contributed by atoms with Gasteiger partial charge < -0.3 is 4.74 Å². The number of halogens is 2. The van der Waals surface area contributed by atoms with Gasteiger partial charge in [0.1, 0.15) is 5.75 Å².